The van der Waals surface area contributed by atoms with Crippen LogP contribution in [0.25, 0.3) is 0 Å². The lowest BCUT2D eigenvalue weighted by Crippen LogP contribution is -2.49. The Labute approximate surface area is 138 Å². The van der Waals surface area contributed by atoms with Gasteiger partial charge < -0.3 is 10.6 Å². The first-order valence-electron chi connectivity index (χ1n) is 7.62. The van der Waals surface area contributed by atoms with Crippen LogP contribution < -0.4 is 5.73 Å². The van der Waals surface area contributed by atoms with Crippen LogP contribution >= 0.6 is 23.2 Å². The standard InChI is InChI=1S/C16H25Cl2N3/c1-12(2)11-20-3-5-21(6-4-20)16(10-19)13-7-14(17)9-15(18)8-13/h7-9,12,16H,3-6,10-11,19H2,1-2H3. The minimum absolute atomic E-state index is 0.197. The van der Waals surface area contributed by atoms with Gasteiger partial charge in [-0.25, -0.2) is 0 Å². The summed E-state index contributed by atoms with van der Waals surface area (Å²) in [5.41, 5.74) is 7.13. The van der Waals surface area contributed by atoms with Crippen molar-refractivity contribution in [3.63, 3.8) is 0 Å². The molecule has 0 amide bonds. The number of nitrogens with two attached hydrogens (primary N) is 1. The summed E-state index contributed by atoms with van der Waals surface area (Å²) in [4.78, 5) is 4.97. The summed E-state index contributed by atoms with van der Waals surface area (Å²) >= 11 is 12.2. The van der Waals surface area contributed by atoms with Crippen molar-refractivity contribution in [3.8, 4) is 0 Å². The minimum atomic E-state index is 0.197. The van der Waals surface area contributed by atoms with Crippen LogP contribution in [-0.2, 0) is 0 Å². The Kier molecular flexibility index (Phi) is 6.33. The van der Waals surface area contributed by atoms with Gasteiger partial charge in [-0.15, -0.1) is 0 Å². The van der Waals surface area contributed by atoms with Crippen LogP contribution in [0.3, 0.4) is 0 Å². The molecule has 5 heteroatoms. The first kappa shape index (κ1) is 17.0. The third-order valence-corrected chi connectivity index (χ3v) is 4.40. The average Bonchev–Trinajstić information content (AvgIpc) is 2.40. The van der Waals surface area contributed by atoms with E-state index in [-0.39, 0.29) is 6.04 Å². The predicted octanol–water partition coefficient (Wildman–Crippen LogP) is 3.27. The number of piperazine rings is 1. The molecule has 0 spiro atoms. The maximum Gasteiger partial charge on any atom is 0.0472 e. The molecule has 1 saturated heterocycles. The van der Waals surface area contributed by atoms with Gasteiger partial charge in [0.15, 0.2) is 0 Å². The quantitative estimate of drug-likeness (QED) is 0.899. The summed E-state index contributed by atoms with van der Waals surface area (Å²) < 4.78 is 0. The molecule has 1 fully saturated rings. The third-order valence-electron chi connectivity index (χ3n) is 3.96. The van der Waals surface area contributed by atoms with E-state index in [1.165, 1.54) is 6.54 Å². The lowest BCUT2D eigenvalue weighted by molar-refractivity contribution is 0.0912. The molecule has 0 bridgehead atoms. The van der Waals surface area contributed by atoms with Crippen LogP contribution in [0.5, 0.6) is 0 Å². The SMILES string of the molecule is CC(C)CN1CCN(C(CN)c2cc(Cl)cc(Cl)c2)CC1. The second kappa shape index (κ2) is 7.80. The third kappa shape index (κ3) is 4.83. The van der Waals surface area contributed by atoms with Crippen molar-refractivity contribution in [2.45, 2.75) is 19.9 Å². The van der Waals surface area contributed by atoms with Crippen LogP contribution in [0.2, 0.25) is 10.0 Å². The summed E-state index contributed by atoms with van der Waals surface area (Å²) in [6.45, 7) is 10.6. The topological polar surface area (TPSA) is 32.5 Å². The summed E-state index contributed by atoms with van der Waals surface area (Å²) in [7, 11) is 0. The number of nitrogens with zero attached hydrogens (tertiary/aromatic N) is 2. The van der Waals surface area contributed by atoms with Gasteiger partial charge in [0.2, 0.25) is 0 Å². The molecule has 21 heavy (non-hydrogen) atoms. The minimum Gasteiger partial charge on any atom is -0.329 e. The molecule has 2 N–H and O–H groups in total. The Morgan fingerprint density at radius 2 is 1.62 bits per heavy atom. The first-order chi connectivity index (χ1) is 9.99. The number of hydrogen-bond donors (Lipinski definition) is 1. The van der Waals surface area contributed by atoms with E-state index >= 15 is 0 Å². The molecule has 1 atom stereocenters. The zero-order valence-electron chi connectivity index (χ0n) is 12.9. The van der Waals surface area contributed by atoms with Gasteiger partial charge in [0, 0.05) is 55.4 Å². The highest BCUT2D eigenvalue weighted by Crippen LogP contribution is 2.27. The smallest absolute Gasteiger partial charge is 0.0472 e. The van der Waals surface area contributed by atoms with Gasteiger partial charge in [-0.2, -0.15) is 0 Å². The normalized spacial score (nSPS) is 19.1. The van der Waals surface area contributed by atoms with Crippen LogP contribution in [0, 0.1) is 5.92 Å². The van der Waals surface area contributed by atoms with Crippen molar-refractivity contribution in [1.82, 2.24) is 9.80 Å². The van der Waals surface area contributed by atoms with Crippen molar-refractivity contribution in [3.05, 3.63) is 33.8 Å². The fraction of sp³-hybridized carbons (Fsp3) is 0.625. The molecule has 0 aliphatic carbocycles. The van der Waals surface area contributed by atoms with Crippen molar-refractivity contribution < 1.29 is 0 Å². The van der Waals surface area contributed by atoms with Crippen LogP contribution in [0.4, 0.5) is 0 Å². The molecule has 0 aromatic heterocycles. The Morgan fingerprint density at radius 3 is 2.10 bits per heavy atom. The molecule has 3 nitrogen and oxygen atoms in total. The molecule has 1 heterocycles. The number of rotatable bonds is 5. The summed E-state index contributed by atoms with van der Waals surface area (Å²) in [5, 5.41) is 1.35. The molecule has 1 aromatic rings. The Balaban J connectivity index is 2.02. The fourth-order valence-corrected chi connectivity index (χ4v) is 3.58. The molecule has 2 rings (SSSR count). The predicted molar refractivity (Wildman–Crippen MR) is 91.1 cm³/mol. The Morgan fingerprint density at radius 1 is 1.05 bits per heavy atom. The number of halogens is 2. The second-order valence-corrected chi connectivity index (χ2v) is 7.06. The summed E-state index contributed by atoms with van der Waals surface area (Å²) in [5.74, 6) is 0.716. The summed E-state index contributed by atoms with van der Waals surface area (Å²) in [6, 6.07) is 5.92. The largest absolute Gasteiger partial charge is 0.329 e. The van der Waals surface area contributed by atoms with Gasteiger partial charge in [0.05, 0.1) is 0 Å². The zero-order chi connectivity index (χ0) is 15.4. The lowest BCUT2D eigenvalue weighted by atomic mass is 10.0. The second-order valence-electron chi connectivity index (χ2n) is 6.18. The van der Waals surface area contributed by atoms with Crippen LogP contribution in [0.15, 0.2) is 18.2 Å². The van der Waals surface area contributed by atoms with Crippen LogP contribution in [-0.4, -0.2) is 49.1 Å². The van der Waals surface area contributed by atoms with Crippen molar-refractivity contribution in [1.29, 1.82) is 0 Å². The molecular weight excluding hydrogens is 305 g/mol. The van der Waals surface area contributed by atoms with E-state index in [1.807, 2.05) is 12.1 Å². The van der Waals surface area contributed by atoms with E-state index in [0.29, 0.717) is 22.5 Å². The van der Waals surface area contributed by atoms with E-state index < -0.39 is 0 Å². The van der Waals surface area contributed by atoms with Crippen molar-refractivity contribution >= 4 is 23.2 Å². The van der Waals surface area contributed by atoms with E-state index in [4.69, 9.17) is 28.9 Å². The first-order valence-corrected chi connectivity index (χ1v) is 8.37. The Hall–Kier alpha value is -0.320. The number of benzene rings is 1. The van der Waals surface area contributed by atoms with Gasteiger partial charge in [-0.3, -0.25) is 4.90 Å². The molecule has 0 saturated carbocycles. The van der Waals surface area contributed by atoms with Gasteiger partial charge in [0.1, 0.15) is 0 Å². The molecular formula is C16H25Cl2N3. The highest BCUT2D eigenvalue weighted by Gasteiger charge is 2.24. The molecule has 1 aliphatic rings. The molecule has 118 valence electrons. The van der Waals surface area contributed by atoms with E-state index in [9.17, 15) is 0 Å². The van der Waals surface area contributed by atoms with Gasteiger partial charge in [-0.05, 0) is 29.7 Å². The summed E-state index contributed by atoms with van der Waals surface area (Å²) in [6.07, 6.45) is 0. The van der Waals surface area contributed by atoms with Gasteiger partial charge in [0.25, 0.3) is 0 Å². The van der Waals surface area contributed by atoms with E-state index in [1.54, 1.807) is 6.07 Å². The van der Waals surface area contributed by atoms with E-state index in [2.05, 4.69) is 23.6 Å². The highest BCUT2D eigenvalue weighted by molar-refractivity contribution is 6.34. The Bertz CT molecular complexity index is 437. The average molecular weight is 330 g/mol. The molecule has 1 aromatic carbocycles. The monoisotopic (exact) mass is 329 g/mol. The van der Waals surface area contributed by atoms with Gasteiger partial charge >= 0.3 is 0 Å². The fourth-order valence-electron chi connectivity index (χ4n) is 3.04. The maximum atomic E-state index is 6.12. The van der Waals surface area contributed by atoms with E-state index in [0.717, 1.165) is 31.7 Å². The highest BCUT2D eigenvalue weighted by atomic mass is 35.5. The van der Waals surface area contributed by atoms with Gasteiger partial charge in [-0.1, -0.05) is 37.0 Å². The zero-order valence-corrected chi connectivity index (χ0v) is 14.4. The molecule has 0 radical (unpaired) electrons. The molecule has 1 aliphatic heterocycles. The maximum absolute atomic E-state index is 6.12. The van der Waals surface area contributed by atoms with Crippen molar-refractivity contribution in [2.24, 2.45) is 11.7 Å². The molecule has 1 unspecified atom stereocenters. The lowest BCUT2D eigenvalue weighted by Gasteiger charge is -2.39. The van der Waals surface area contributed by atoms with Crippen molar-refractivity contribution in [2.75, 3.05) is 39.3 Å². The number of hydrogen-bond acceptors (Lipinski definition) is 3. The van der Waals surface area contributed by atoms with Crippen LogP contribution in [0.1, 0.15) is 25.5 Å².